The number of benzene rings is 2. The number of ether oxygens (including phenoxy) is 2. The van der Waals surface area contributed by atoms with Crippen molar-refractivity contribution in [3.8, 4) is 11.5 Å². The van der Waals surface area contributed by atoms with Crippen molar-refractivity contribution in [2.24, 2.45) is 0 Å². The number of hydrogen-bond donors (Lipinski definition) is 1. The fourth-order valence-electron chi connectivity index (χ4n) is 2.51. The van der Waals surface area contributed by atoms with Crippen LogP contribution in [0.25, 0.3) is 6.08 Å². The van der Waals surface area contributed by atoms with Crippen molar-refractivity contribution < 1.29 is 27.4 Å². The lowest BCUT2D eigenvalue weighted by molar-refractivity contribution is -0.153. The number of carbonyl (C=O) groups is 1. The van der Waals surface area contributed by atoms with Crippen LogP contribution in [-0.4, -0.2) is 23.7 Å². The molecule has 1 amide bonds. The molecule has 0 fully saturated rings. The summed E-state index contributed by atoms with van der Waals surface area (Å²) in [4.78, 5) is 16.5. The van der Waals surface area contributed by atoms with Crippen LogP contribution in [0.5, 0.6) is 11.5 Å². The standard InChI is InChI=1S/C22H19F3N2O3S/c1-15-26-17(13-31-15)12-29-18-9-6-16(7-10-18)8-11-21(28)27-19-4-2-3-5-20(19)30-14-22(23,24)25/h2-11,13H,12,14H2,1H3,(H,27,28)/b11-8+. The molecule has 0 aliphatic rings. The monoisotopic (exact) mass is 448 g/mol. The van der Waals surface area contributed by atoms with Crippen LogP contribution in [-0.2, 0) is 11.4 Å². The Kier molecular flexibility index (Phi) is 7.30. The molecule has 0 atom stereocenters. The first-order valence-corrected chi connectivity index (χ1v) is 10.1. The van der Waals surface area contributed by atoms with Gasteiger partial charge in [0.15, 0.2) is 6.61 Å². The van der Waals surface area contributed by atoms with E-state index in [0.717, 1.165) is 16.3 Å². The van der Waals surface area contributed by atoms with Crippen molar-refractivity contribution in [1.82, 2.24) is 4.98 Å². The van der Waals surface area contributed by atoms with E-state index in [2.05, 4.69) is 10.3 Å². The van der Waals surface area contributed by atoms with Crippen LogP contribution in [0.4, 0.5) is 18.9 Å². The number of nitrogens with zero attached hydrogens (tertiary/aromatic N) is 1. The summed E-state index contributed by atoms with van der Waals surface area (Å²) in [5, 5.41) is 5.44. The summed E-state index contributed by atoms with van der Waals surface area (Å²) in [7, 11) is 0. The zero-order chi connectivity index (χ0) is 22.3. The summed E-state index contributed by atoms with van der Waals surface area (Å²) in [6.45, 7) is 0.865. The molecule has 0 bridgehead atoms. The topological polar surface area (TPSA) is 60.5 Å². The lowest BCUT2D eigenvalue weighted by Crippen LogP contribution is -2.20. The summed E-state index contributed by atoms with van der Waals surface area (Å²) < 4.78 is 47.5. The maximum Gasteiger partial charge on any atom is 0.422 e. The zero-order valence-electron chi connectivity index (χ0n) is 16.5. The van der Waals surface area contributed by atoms with Crippen LogP contribution in [0.3, 0.4) is 0 Å². The number of anilines is 1. The molecule has 0 unspecified atom stereocenters. The van der Waals surface area contributed by atoms with Crippen molar-refractivity contribution in [1.29, 1.82) is 0 Å². The van der Waals surface area contributed by atoms with E-state index in [1.165, 1.54) is 24.3 Å². The fourth-order valence-corrected chi connectivity index (χ4v) is 3.11. The Morgan fingerprint density at radius 2 is 1.87 bits per heavy atom. The van der Waals surface area contributed by atoms with Gasteiger partial charge in [0, 0.05) is 11.5 Å². The number of carbonyl (C=O) groups excluding carboxylic acids is 1. The molecule has 0 aliphatic carbocycles. The normalized spacial score (nSPS) is 11.5. The summed E-state index contributed by atoms with van der Waals surface area (Å²) in [5.74, 6) is 0.115. The minimum Gasteiger partial charge on any atom is -0.487 e. The van der Waals surface area contributed by atoms with Crippen molar-refractivity contribution >= 4 is 29.0 Å². The van der Waals surface area contributed by atoms with E-state index >= 15 is 0 Å². The molecule has 0 aliphatic heterocycles. The minimum absolute atomic E-state index is 0.0571. The van der Waals surface area contributed by atoms with Crippen molar-refractivity contribution in [3.63, 3.8) is 0 Å². The van der Waals surface area contributed by atoms with Gasteiger partial charge in [-0.3, -0.25) is 4.79 Å². The molecule has 3 aromatic rings. The Bertz CT molecular complexity index is 1050. The molecular formula is C22H19F3N2O3S. The second kappa shape index (κ2) is 10.1. The average Bonchev–Trinajstić information content (AvgIpc) is 3.15. The average molecular weight is 448 g/mol. The van der Waals surface area contributed by atoms with Gasteiger partial charge in [-0.15, -0.1) is 11.3 Å². The van der Waals surface area contributed by atoms with E-state index in [1.807, 2.05) is 12.3 Å². The van der Waals surface area contributed by atoms with Gasteiger partial charge < -0.3 is 14.8 Å². The van der Waals surface area contributed by atoms with Gasteiger partial charge in [0.25, 0.3) is 0 Å². The van der Waals surface area contributed by atoms with Gasteiger partial charge in [0.2, 0.25) is 5.91 Å². The predicted octanol–water partition coefficient (Wildman–Crippen LogP) is 5.62. The SMILES string of the molecule is Cc1nc(COc2ccc(/C=C/C(=O)Nc3ccccc3OCC(F)(F)F)cc2)cs1. The van der Waals surface area contributed by atoms with Crippen LogP contribution in [0.15, 0.2) is 60.0 Å². The molecule has 3 rings (SSSR count). The Morgan fingerprint density at radius 1 is 1.13 bits per heavy atom. The van der Waals surface area contributed by atoms with Crippen molar-refractivity contribution in [2.45, 2.75) is 19.7 Å². The first-order valence-electron chi connectivity index (χ1n) is 9.20. The maximum absolute atomic E-state index is 12.4. The number of aromatic nitrogens is 1. The number of amides is 1. The van der Waals surface area contributed by atoms with E-state index in [0.29, 0.717) is 12.4 Å². The van der Waals surface area contributed by atoms with E-state index < -0.39 is 18.7 Å². The first-order chi connectivity index (χ1) is 14.8. The van der Waals surface area contributed by atoms with E-state index in [9.17, 15) is 18.0 Å². The minimum atomic E-state index is -4.47. The highest BCUT2D eigenvalue weighted by molar-refractivity contribution is 7.09. The van der Waals surface area contributed by atoms with Gasteiger partial charge in [-0.2, -0.15) is 13.2 Å². The molecule has 2 aromatic carbocycles. The second-order valence-corrected chi connectivity index (χ2v) is 7.50. The Hall–Kier alpha value is -3.33. The number of thiazole rings is 1. The van der Waals surface area contributed by atoms with Gasteiger partial charge in [-0.05, 0) is 42.8 Å². The molecule has 162 valence electrons. The Morgan fingerprint density at radius 3 is 2.55 bits per heavy atom. The number of rotatable bonds is 8. The number of aryl methyl sites for hydroxylation is 1. The van der Waals surface area contributed by atoms with Crippen LogP contribution in [0.1, 0.15) is 16.3 Å². The van der Waals surface area contributed by atoms with Crippen LogP contribution in [0.2, 0.25) is 0 Å². The fraction of sp³-hybridized carbons (Fsp3) is 0.182. The van der Waals surface area contributed by atoms with E-state index in [-0.39, 0.29) is 11.4 Å². The third kappa shape index (κ3) is 7.45. The van der Waals surface area contributed by atoms with Gasteiger partial charge in [0.05, 0.1) is 16.4 Å². The molecular weight excluding hydrogens is 429 g/mol. The van der Waals surface area contributed by atoms with Gasteiger partial charge >= 0.3 is 6.18 Å². The first kappa shape index (κ1) is 22.4. The zero-order valence-corrected chi connectivity index (χ0v) is 17.3. The molecule has 1 heterocycles. The van der Waals surface area contributed by atoms with Gasteiger partial charge in [-0.1, -0.05) is 24.3 Å². The number of nitrogens with one attached hydrogen (secondary N) is 1. The molecule has 0 radical (unpaired) electrons. The number of alkyl halides is 3. The summed E-state index contributed by atoms with van der Waals surface area (Å²) in [6.07, 6.45) is -1.59. The summed E-state index contributed by atoms with van der Waals surface area (Å²) in [6, 6.07) is 13.1. The molecule has 31 heavy (non-hydrogen) atoms. The third-order valence-corrected chi connectivity index (χ3v) is 4.72. The quantitative estimate of drug-likeness (QED) is 0.454. The molecule has 1 aromatic heterocycles. The van der Waals surface area contributed by atoms with Crippen LogP contribution >= 0.6 is 11.3 Å². The highest BCUT2D eigenvalue weighted by Crippen LogP contribution is 2.26. The Balaban J connectivity index is 1.54. The lowest BCUT2D eigenvalue weighted by atomic mass is 10.2. The number of halogens is 3. The highest BCUT2D eigenvalue weighted by Gasteiger charge is 2.28. The van der Waals surface area contributed by atoms with Crippen LogP contribution in [0, 0.1) is 6.92 Å². The second-order valence-electron chi connectivity index (χ2n) is 6.44. The van der Waals surface area contributed by atoms with Gasteiger partial charge in [0.1, 0.15) is 18.1 Å². The summed E-state index contributed by atoms with van der Waals surface area (Å²) >= 11 is 1.56. The molecule has 5 nitrogen and oxygen atoms in total. The maximum atomic E-state index is 12.4. The van der Waals surface area contributed by atoms with Crippen molar-refractivity contribution in [2.75, 3.05) is 11.9 Å². The van der Waals surface area contributed by atoms with E-state index in [4.69, 9.17) is 9.47 Å². The predicted molar refractivity (Wildman–Crippen MR) is 113 cm³/mol. The van der Waals surface area contributed by atoms with Crippen molar-refractivity contribution in [3.05, 3.63) is 76.3 Å². The lowest BCUT2D eigenvalue weighted by Gasteiger charge is -2.13. The summed E-state index contributed by atoms with van der Waals surface area (Å²) in [5.41, 5.74) is 1.78. The van der Waals surface area contributed by atoms with E-state index in [1.54, 1.807) is 47.7 Å². The molecule has 0 saturated heterocycles. The van der Waals surface area contributed by atoms with Gasteiger partial charge in [-0.25, -0.2) is 4.98 Å². The number of hydrogen-bond acceptors (Lipinski definition) is 5. The largest absolute Gasteiger partial charge is 0.487 e. The Labute approximate surface area is 181 Å². The molecule has 1 N–H and O–H groups in total. The number of para-hydroxylation sites is 2. The highest BCUT2D eigenvalue weighted by atomic mass is 32.1. The molecule has 0 saturated carbocycles. The molecule has 0 spiro atoms. The van der Waals surface area contributed by atoms with Crippen LogP contribution < -0.4 is 14.8 Å². The molecule has 9 heteroatoms. The third-order valence-electron chi connectivity index (χ3n) is 3.90. The smallest absolute Gasteiger partial charge is 0.422 e.